The summed E-state index contributed by atoms with van der Waals surface area (Å²) in [7, 11) is 1.31. The number of aliphatic hydroxyl groups is 1. The van der Waals surface area contributed by atoms with Gasteiger partial charge in [0.1, 0.15) is 12.9 Å². The van der Waals surface area contributed by atoms with Gasteiger partial charge in [-0.2, -0.15) is 145 Å². The van der Waals surface area contributed by atoms with Crippen molar-refractivity contribution in [2.75, 3.05) is 27.4 Å². The van der Waals surface area contributed by atoms with Gasteiger partial charge in [0, 0.05) is 6.54 Å². The van der Waals surface area contributed by atoms with Crippen LogP contribution in [0.3, 0.4) is 0 Å². The number of hydrogen-bond acceptors (Lipinski definition) is 5. The van der Waals surface area contributed by atoms with Gasteiger partial charge in [0.15, 0.2) is 6.10 Å². The molecule has 0 aliphatic carbocycles. The molecule has 5 nitrogen and oxygen atoms in total. The summed E-state index contributed by atoms with van der Waals surface area (Å²) in [6.07, 6.45) is -16.4. The number of carbonyl (C=O) groups excluding carboxylic acids is 1. The number of nitrogens with zero attached hydrogens (tertiary/aromatic N) is 1. The van der Waals surface area contributed by atoms with Crippen LogP contribution in [0.1, 0.15) is 0 Å². The van der Waals surface area contributed by atoms with Crippen LogP contribution in [0.2, 0.25) is 0 Å². The zero-order valence-electron chi connectivity index (χ0n) is 27.7. The lowest BCUT2D eigenvalue weighted by Gasteiger charge is -2.47. The lowest BCUT2D eigenvalue weighted by Crippen LogP contribution is -2.80. The van der Waals surface area contributed by atoms with Crippen molar-refractivity contribution in [1.82, 2.24) is 4.90 Å². The van der Waals surface area contributed by atoms with Crippen LogP contribution in [0.15, 0.2) is 0 Å². The summed E-state index contributed by atoms with van der Waals surface area (Å²) in [4.78, 5) is 11.0. The minimum atomic E-state index is -10.3. The van der Waals surface area contributed by atoms with Crippen molar-refractivity contribution in [3.05, 3.63) is 0 Å². The van der Waals surface area contributed by atoms with E-state index in [0.717, 1.165) is 0 Å². The third-order valence-electron chi connectivity index (χ3n) is 7.63. The third-order valence-corrected chi connectivity index (χ3v) is 7.63. The van der Waals surface area contributed by atoms with Gasteiger partial charge in [0.25, 0.3) is 6.47 Å². The highest BCUT2D eigenvalue weighted by atomic mass is 19.4. The highest BCUT2D eigenvalue weighted by Crippen LogP contribution is 2.70. The molecule has 366 valence electrons. The summed E-state index contributed by atoms with van der Waals surface area (Å²) >= 11 is 0. The Morgan fingerprint density at radius 1 is 0.410 bits per heavy atom. The van der Waals surface area contributed by atoms with Gasteiger partial charge in [0.2, 0.25) is 0 Å². The molecule has 0 heterocycles. The Hall–Kier alpha value is -2.96. The second-order valence-corrected chi connectivity index (χ2v) is 11.9. The smallest absolute Gasteiger partial charge is 0.455 e. The Bertz CT molecular complexity index is 1530. The Balaban J connectivity index is 7.87. The molecule has 0 radical (unpaired) electrons. The minimum absolute atomic E-state index is 0.392. The van der Waals surface area contributed by atoms with Crippen molar-refractivity contribution < 1.29 is 164 Å². The van der Waals surface area contributed by atoms with Crippen molar-refractivity contribution in [2.24, 2.45) is 0 Å². The SMILES string of the molecule is CN(C)CC(OCO)C(OC=O)C(F)(F)C(F)(F)C(F)(F)C(F)(F)C(F)(F)C(F)(F)C(F)(F)C(F)(F)C(F)(F)C(F)(F)C(F)(F)C(F)(F)C(F)(F)C(F)(F)C(F)(F)C(F)(F)F. The molecular formula is C23H14F33NO4. The summed E-state index contributed by atoms with van der Waals surface area (Å²) in [5.41, 5.74) is 0. The van der Waals surface area contributed by atoms with Crippen molar-refractivity contribution in [3.63, 3.8) is 0 Å². The third kappa shape index (κ3) is 7.48. The first-order valence-corrected chi connectivity index (χ1v) is 13.8. The van der Waals surface area contributed by atoms with Gasteiger partial charge >= 0.3 is 95.0 Å². The largest absolute Gasteiger partial charge is 0.460 e. The molecule has 0 aromatic rings. The Morgan fingerprint density at radius 3 is 0.803 bits per heavy atom. The summed E-state index contributed by atoms with van der Waals surface area (Å²) in [6, 6.07) is 0. The highest BCUT2D eigenvalue weighted by molar-refractivity contribution is 5.38. The molecule has 0 rings (SSSR count). The average molecular weight is 995 g/mol. The van der Waals surface area contributed by atoms with Gasteiger partial charge in [-0.15, -0.1) is 0 Å². The number of rotatable bonds is 22. The van der Waals surface area contributed by atoms with Gasteiger partial charge in [-0.1, -0.05) is 0 Å². The fourth-order valence-electron chi connectivity index (χ4n) is 4.09. The van der Waals surface area contributed by atoms with Crippen LogP contribution in [0.5, 0.6) is 0 Å². The molecule has 2 unspecified atom stereocenters. The van der Waals surface area contributed by atoms with Gasteiger partial charge < -0.3 is 19.5 Å². The molecule has 0 aliphatic heterocycles. The predicted molar refractivity (Wildman–Crippen MR) is 122 cm³/mol. The maximum Gasteiger partial charge on any atom is 0.460 e. The molecule has 0 bridgehead atoms. The number of likely N-dealkylation sites (N-methyl/N-ethyl adjacent to an activating group) is 1. The van der Waals surface area contributed by atoms with E-state index < -0.39 is 127 Å². The zero-order chi connectivity index (χ0) is 50.3. The second-order valence-electron chi connectivity index (χ2n) is 11.9. The molecule has 1 N–H and O–H groups in total. The van der Waals surface area contributed by atoms with Crippen LogP contribution in [-0.2, 0) is 14.3 Å². The van der Waals surface area contributed by atoms with E-state index in [0.29, 0.717) is 19.0 Å². The first kappa shape index (κ1) is 58.0. The number of aliphatic hydroxyl groups excluding tert-OH is 1. The van der Waals surface area contributed by atoms with Gasteiger partial charge in [-0.25, -0.2) is 0 Å². The standard InChI is InChI=1S/C23H14F33NO4/c1-57(2)3-6(60-4-58)7(61-5-59)8(24,25)9(26,27)10(28,29)11(30,31)12(32,33)13(34,35)14(36,37)15(38,39)16(40,41)17(42,43)18(44,45)19(46,47)20(48,49)21(50,51)22(52,53)23(54,55)56/h5-7,58H,3-4H2,1-2H3. The molecule has 38 heteroatoms. The van der Waals surface area contributed by atoms with Crippen LogP contribution in [-0.4, -0.2) is 151 Å². The summed E-state index contributed by atoms with van der Waals surface area (Å²) in [5.74, 6) is -145. The van der Waals surface area contributed by atoms with Crippen molar-refractivity contribution >= 4 is 6.47 Å². The molecule has 0 amide bonds. The van der Waals surface area contributed by atoms with E-state index in [1.165, 1.54) is 0 Å². The van der Waals surface area contributed by atoms with E-state index in [1.54, 1.807) is 0 Å². The maximum atomic E-state index is 14.7. The quantitative estimate of drug-likeness (QED) is 0.0666. The molecule has 61 heavy (non-hydrogen) atoms. The molecule has 2 atom stereocenters. The van der Waals surface area contributed by atoms with Gasteiger partial charge in [-0.05, 0) is 14.1 Å². The van der Waals surface area contributed by atoms with Crippen molar-refractivity contribution in [3.8, 4) is 0 Å². The van der Waals surface area contributed by atoms with Crippen LogP contribution in [0.25, 0.3) is 0 Å². The molecule has 0 aromatic carbocycles. The van der Waals surface area contributed by atoms with Crippen LogP contribution >= 0.6 is 0 Å². The van der Waals surface area contributed by atoms with E-state index in [2.05, 4.69) is 9.47 Å². The van der Waals surface area contributed by atoms with Crippen LogP contribution < -0.4 is 0 Å². The minimum Gasteiger partial charge on any atom is -0.455 e. The Labute approximate surface area is 311 Å². The topological polar surface area (TPSA) is 59.0 Å². The van der Waals surface area contributed by atoms with E-state index in [-0.39, 0.29) is 0 Å². The summed E-state index contributed by atoms with van der Waals surface area (Å²) < 4.78 is 463. The van der Waals surface area contributed by atoms with Crippen molar-refractivity contribution in [1.29, 1.82) is 0 Å². The number of hydrogen-bond donors (Lipinski definition) is 1. The van der Waals surface area contributed by atoms with E-state index >= 15 is 0 Å². The molecule has 0 saturated heterocycles. The van der Waals surface area contributed by atoms with Crippen molar-refractivity contribution in [2.45, 2.75) is 107 Å². The molecule has 0 aliphatic rings. The molecule has 0 spiro atoms. The zero-order valence-corrected chi connectivity index (χ0v) is 27.7. The van der Waals surface area contributed by atoms with Gasteiger partial charge in [0.05, 0.1) is 0 Å². The number of alkyl halides is 33. The number of halogens is 33. The molecule has 0 saturated carbocycles. The fourth-order valence-corrected chi connectivity index (χ4v) is 4.09. The number of ether oxygens (including phenoxy) is 2. The fraction of sp³-hybridized carbons (Fsp3) is 0.957. The maximum absolute atomic E-state index is 14.7. The second kappa shape index (κ2) is 15.6. The molecule has 0 aromatic heterocycles. The van der Waals surface area contributed by atoms with E-state index in [9.17, 15) is 150 Å². The first-order chi connectivity index (χ1) is 26.1. The van der Waals surface area contributed by atoms with Gasteiger partial charge in [-0.3, -0.25) is 4.79 Å². The highest BCUT2D eigenvalue weighted by Gasteiger charge is 3.02. The molecule has 0 fully saturated rings. The monoisotopic (exact) mass is 995 g/mol. The predicted octanol–water partition coefficient (Wildman–Crippen LogP) is 9.52. The van der Waals surface area contributed by atoms with E-state index in [1.807, 2.05) is 0 Å². The number of carbonyl (C=O) groups is 1. The Kier molecular flexibility index (Phi) is 14.9. The summed E-state index contributed by atoms with van der Waals surface area (Å²) in [6.45, 7) is -5.18. The average Bonchev–Trinajstić information content (AvgIpc) is 3.04. The normalized spacial score (nSPS) is 17.5. The summed E-state index contributed by atoms with van der Waals surface area (Å²) in [5, 5.41) is 8.67. The van der Waals surface area contributed by atoms with Crippen LogP contribution in [0.4, 0.5) is 145 Å². The van der Waals surface area contributed by atoms with Crippen LogP contribution in [0, 0.1) is 0 Å². The first-order valence-electron chi connectivity index (χ1n) is 13.8. The lowest BCUT2D eigenvalue weighted by molar-refractivity contribution is -0.491. The lowest BCUT2D eigenvalue weighted by atomic mass is 9.82. The Morgan fingerprint density at radius 2 is 0.623 bits per heavy atom. The molecular weight excluding hydrogens is 981 g/mol. The van der Waals surface area contributed by atoms with E-state index in [4.69, 9.17) is 5.11 Å².